The van der Waals surface area contributed by atoms with Gasteiger partial charge in [0.1, 0.15) is 0 Å². The van der Waals surface area contributed by atoms with Gasteiger partial charge in [0.25, 0.3) is 0 Å². The van der Waals surface area contributed by atoms with E-state index in [4.69, 9.17) is 0 Å². The van der Waals surface area contributed by atoms with Crippen molar-refractivity contribution in [2.45, 2.75) is 7.35 Å². The molecule has 170 valence electrons. The summed E-state index contributed by atoms with van der Waals surface area (Å²) in [5.41, 5.74) is 9.04. The van der Waals surface area contributed by atoms with E-state index in [2.05, 4.69) is 140 Å². The number of allylic oxidation sites excluding steroid dienone is 1. The standard InChI is InChI=1S/C21H16P.C13H9.Hf/c1-3-11-19(12-4-1)22(20-13-5-2-6-14-20)21-15-17-9-7-8-10-18(17)16-21;1-3-7-12-10(5-1)9-11-6-2-4-8-13(11)12;/h1-16H;1-9H;. The fourth-order valence-electron chi connectivity index (χ4n) is 5.78. The Morgan fingerprint density at radius 1 is 0.444 bits per heavy atom. The number of benzene rings is 5. The minimum atomic E-state index is -1.30. The van der Waals surface area contributed by atoms with Crippen LogP contribution in [0.5, 0.6) is 0 Å². The maximum atomic E-state index is 2.56. The van der Waals surface area contributed by atoms with Gasteiger partial charge in [-0.3, -0.25) is 0 Å². The van der Waals surface area contributed by atoms with Gasteiger partial charge >= 0.3 is 227 Å². The van der Waals surface area contributed by atoms with Crippen molar-refractivity contribution in [3.05, 3.63) is 161 Å². The summed E-state index contributed by atoms with van der Waals surface area (Å²) in [6.45, 7) is 0. The van der Waals surface area contributed by atoms with E-state index < -0.39 is 30.8 Å². The first kappa shape index (κ1) is 22.3. The minimum absolute atomic E-state index is 0.580. The van der Waals surface area contributed by atoms with Crippen LogP contribution in [0.15, 0.2) is 139 Å². The molecule has 2 aliphatic carbocycles. The van der Waals surface area contributed by atoms with Gasteiger partial charge in [0.2, 0.25) is 0 Å². The Morgan fingerprint density at radius 3 is 1.50 bits per heavy atom. The molecule has 0 aromatic heterocycles. The van der Waals surface area contributed by atoms with E-state index >= 15 is 0 Å². The van der Waals surface area contributed by atoms with E-state index in [0.717, 1.165) is 0 Å². The summed E-state index contributed by atoms with van der Waals surface area (Å²) < 4.78 is 1.18. The summed E-state index contributed by atoms with van der Waals surface area (Å²) in [5, 5.41) is 4.57. The van der Waals surface area contributed by atoms with Crippen molar-refractivity contribution in [2.24, 2.45) is 0 Å². The quantitative estimate of drug-likeness (QED) is 0.134. The van der Waals surface area contributed by atoms with Crippen LogP contribution in [-0.4, -0.2) is 0 Å². The van der Waals surface area contributed by atoms with Crippen LogP contribution in [0, 0.1) is 0 Å². The topological polar surface area (TPSA) is 0 Å². The molecule has 7 rings (SSSR count). The third-order valence-corrected chi connectivity index (χ3v) is 17.6. The molecule has 0 aliphatic heterocycles. The third-order valence-electron chi connectivity index (χ3n) is 7.36. The molecule has 36 heavy (non-hydrogen) atoms. The Morgan fingerprint density at radius 2 is 0.917 bits per heavy atom. The molecule has 0 bridgehead atoms. The zero-order valence-corrected chi connectivity index (χ0v) is 24.4. The van der Waals surface area contributed by atoms with E-state index in [1.165, 1.54) is 27.3 Å². The summed E-state index contributed by atoms with van der Waals surface area (Å²) in [4.78, 5) is 0. The van der Waals surface area contributed by atoms with Crippen molar-refractivity contribution in [3.8, 4) is 11.1 Å². The third kappa shape index (κ3) is 3.81. The Bertz CT molecular complexity index is 1490. The summed E-state index contributed by atoms with van der Waals surface area (Å²) in [6, 6.07) is 50.0. The van der Waals surface area contributed by atoms with Crippen molar-refractivity contribution in [3.63, 3.8) is 0 Å². The second kappa shape index (κ2) is 9.55. The van der Waals surface area contributed by atoms with Crippen LogP contribution >= 0.6 is 7.92 Å². The van der Waals surface area contributed by atoms with Gasteiger partial charge in [0.05, 0.1) is 0 Å². The molecule has 0 nitrogen and oxygen atoms in total. The van der Waals surface area contributed by atoms with Gasteiger partial charge in [-0.2, -0.15) is 0 Å². The van der Waals surface area contributed by atoms with Crippen molar-refractivity contribution in [1.29, 1.82) is 0 Å². The second-order valence-corrected chi connectivity index (χ2v) is 17.0. The van der Waals surface area contributed by atoms with E-state index in [-0.39, 0.29) is 0 Å². The Kier molecular flexibility index (Phi) is 5.93. The van der Waals surface area contributed by atoms with Crippen molar-refractivity contribution in [1.82, 2.24) is 0 Å². The molecule has 5 aromatic rings. The molecule has 0 heterocycles. The van der Waals surface area contributed by atoms with Crippen LogP contribution in [0.2, 0.25) is 0 Å². The van der Waals surface area contributed by atoms with E-state index in [9.17, 15) is 0 Å². The molecule has 0 fully saturated rings. The SMILES string of the molecule is C1=C(P(c2ccccc2)c2ccccc2)[CH]([Hf][CH]2c3ccccc3-c3ccccc32)c2ccccc21. The zero-order valence-electron chi connectivity index (χ0n) is 19.9. The molecule has 2 heteroatoms. The maximum absolute atomic E-state index is 2.56. The van der Waals surface area contributed by atoms with E-state index in [1.54, 1.807) is 22.0 Å². The molecular formula is C34H25HfP. The molecule has 0 spiro atoms. The molecule has 0 saturated carbocycles. The number of hydrogen-bond acceptors (Lipinski definition) is 0. The average molecular weight is 643 g/mol. The first-order chi connectivity index (χ1) is 17.9. The summed E-state index contributed by atoms with van der Waals surface area (Å²) >= 11 is -1.30. The van der Waals surface area contributed by atoms with Gasteiger partial charge in [-0.25, -0.2) is 0 Å². The van der Waals surface area contributed by atoms with Crippen molar-refractivity contribution in [2.75, 3.05) is 0 Å². The number of rotatable bonds is 5. The molecule has 5 aromatic carbocycles. The monoisotopic (exact) mass is 644 g/mol. The molecule has 2 aliphatic rings. The number of fused-ring (bicyclic) bond motifs is 4. The van der Waals surface area contributed by atoms with Crippen LogP contribution in [0.3, 0.4) is 0 Å². The van der Waals surface area contributed by atoms with Crippen molar-refractivity contribution >= 4 is 24.6 Å². The summed E-state index contributed by atoms with van der Waals surface area (Å²) in [5.74, 6) is 0. The Hall–Kier alpha value is -2.86. The first-order valence-electron chi connectivity index (χ1n) is 12.5. The molecule has 0 saturated heterocycles. The van der Waals surface area contributed by atoms with Crippen molar-refractivity contribution < 1.29 is 22.9 Å². The molecular weight excluding hydrogens is 618 g/mol. The normalized spacial score (nSPS) is 15.8. The van der Waals surface area contributed by atoms with Gasteiger partial charge in [0, 0.05) is 0 Å². The zero-order chi connectivity index (χ0) is 23.9. The van der Waals surface area contributed by atoms with Gasteiger partial charge in [0.15, 0.2) is 0 Å². The molecule has 0 amide bonds. The molecule has 0 radical (unpaired) electrons. The van der Waals surface area contributed by atoms with Crippen LogP contribution in [0.1, 0.15) is 29.6 Å². The van der Waals surface area contributed by atoms with Crippen LogP contribution in [0.4, 0.5) is 0 Å². The Balaban J connectivity index is 1.37. The molecule has 0 N–H and O–H groups in total. The predicted octanol–water partition coefficient (Wildman–Crippen LogP) is 8.07. The predicted molar refractivity (Wildman–Crippen MR) is 150 cm³/mol. The van der Waals surface area contributed by atoms with E-state index in [0.29, 0.717) is 7.35 Å². The first-order valence-corrected chi connectivity index (χ1v) is 18.0. The Labute approximate surface area is 225 Å². The van der Waals surface area contributed by atoms with Crippen LogP contribution in [-0.2, 0) is 22.9 Å². The summed E-state index contributed by atoms with van der Waals surface area (Å²) in [6.07, 6.45) is 2.56. The fraction of sp³-hybridized carbons (Fsp3) is 0.0588. The van der Waals surface area contributed by atoms with Gasteiger partial charge in [-0.05, 0) is 0 Å². The second-order valence-electron chi connectivity index (χ2n) is 9.41. The molecule has 1 unspecified atom stereocenters. The fourth-order valence-corrected chi connectivity index (χ4v) is 17.1. The van der Waals surface area contributed by atoms with Crippen LogP contribution < -0.4 is 10.6 Å². The van der Waals surface area contributed by atoms with E-state index in [1.807, 2.05) is 0 Å². The van der Waals surface area contributed by atoms with Gasteiger partial charge in [-0.1, -0.05) is 0 Å². The van der Waals surface area contributed by atoms with Gasteiger partial charge in [-0.15, -0.1) is 0 Å². The molecule has 1 atom stereocenters. The van der Waals surface area contributed by atoms with Gasteiger partial charge < -0.3 is 0 Å². The average Bonchev–Trinajstić information content (AvgIpc) is 3.46. The van der Waals surface area contributed by atoms with Crippen LogP contribution in [0.25, 0.3) is 17.2 Å². The summed E-state index contributed by atoms with van der Waals surface area (Å²) in [7, 11) is -0.583. The number of hydrogen-bond donors (Lipinski definition) is 0.